The van der Waals surface area contributed by atoms with Gasteiger partial charge >= 0.3 is 12.1 Å². The average molecular weight is 503 g/mol. The molecule has 7 heteroatoms. The lowest BCUT2D eigenvalue weighted by Crippen LogP contribution is -2.48. The van der Waals surface area contributed by atoms with Gasteiger partial charge in [0, 0.05) is 29.1 Å². The third-order valence-corrected chi connectivity index (χ3v) is 7.11. The normalized spacial score (nSPS) is 23.6. The number of nitrogens with zero attached hydrogens (tertiary/aromatic N) is 2. The number of hydrogen-bond acceptors (Lipinski definition) is 3. The molecule has 3 amide bonds. The van der Waals surface area contributed by atoms with Crippen LogP contribution in [0.25, 0.3) is 0 Å². The molecule has 1 aliphatic carbocycles. The van der Waals surface area contributed by atoms with Gasteiger partial charge in [0.05, 0.1) is 11.7 Å². The molecule has 5 rings (SSSR count). The molecule has 0 aromatic heterocycles. The molecule has 2 aliphatic heterocycles. The first-order valence-electron chi connectivity index (χ1n) is 9.99. The minimum absolute atomic E-state index is 0.00924. The van der Waals surface area contributed by atoms with Crippen molar-refractivity contribution in [3.05, 3.63) is 63.2 Å². The molecule has 29 heavy (non-hydrogen) atoms. The van der Waals surface area contributed by atoms with E-state index in [0.717, 1.165) is 28.5 Å². The predicted molar refractivity (Wildman–Crippen MR) is 118 cm³/mol. The molecule has 1 N–H and O–H groups in total. The number of ether oxygens (including phenoxy) is 1. The first-order valence-corrected chi connectivity index (χ1v) is 11.1. The lowest BCUT2D eigenvalue weighted by molar-refractivity contribution is 0.113. The number of nitrogens with one attached hydrogen (secondary N) is 1. The van der Waals surface area contributed by atoms with Gasteiger partial charge < -0.3 is 15.0 Å². The summed E-state index contributed by atoms with van der Waals surface area (Å²) in [6.45, 7) is 1.26. The quantitative estimate of drug-likeness (QED) is 0.618. The lowest BCUT2D eigenvalue weighted by Gasteiger charge is -2.37. The fourth-order valence-electron chi connectivity index (χ4n) is 4.76. The molecule has 6 nitrogen and oxygen atoms in total. The second-order valence-corrected chi connectivity index (χ2v) is 8.97. The summed E-state index contributed by atoms with van der Waals surface area (Å²) in [7, 11) is 0. The highest BCUT2D eigenvalue weighted by molar-refractivity contribution is 14.1. The van der Waals surface area contributed by atoms with Gasteiger partial charge in [0.15, 0.2) is 0 Å². The average Bonchev–Trinajstić information content (AvgIpc) is 3.24. The van der Waals surface area contributed by atoms with Crippen molar-refractivity contribution in [2.24, 2.45) is 0 Å². The van der Waals surface area contributed by atoms with E-state index >= 15 is 0 Å². The highest BCUT2D eigenvalue weighted by Crippen LogP contribution is 2.44. The molecule has 150 valence electrons. The van der Waals surface area contributed by atoms with Crippen molar-refractivity contribution in [2.45, 2.75) is 37.5 Å². The summed E-state index contributed by atoms with van der Waals surface area (Å²) >= 11 is 2.22. The van der Waals surface area contributed by atoms with Crippen molar-refractivity contribution in [3.8, 4) is 0 Å². The maximum Gasteiger partial charge on any atom is 0.411 e. The number of hydrogen-bond donors (Lipinski definition) is 1. The van der Waals surface area contributed by atoms with Crippen LogP contribution in [0, 0.1) is 3.57 Å². The Labute approximate surface area is 183 Å². The highest BCUT2D eigenvalue weighted by Gasteiger charge is 2.50. The van der Waals surface area contributed by atoms with Gasteiger partial charge in [-0.2, -0.15) is 0 Å². The lowest BCUT2D eigenvalue weighted by atomic mass is 9.99. The zero-order valence-electron chi connectivity index (χ0n) is 15.9. The second-order valence-electron chi connectivity index (χ2n) is 7.81. The van der Waals surface area contributed by atoms with Crippen molar-refractivity contribution in [1.82, 2.24) is 9.80 Å². The Balaban J connectivity index is 1.25. The van der Waals surface area contributed by atoms with Gasteiger partial charge in [0.1, 0.15) is 6.10 Å². The predicted octanol–water partition coefficient (Wildman–Crippen LogP) is 4.41. The third-order valence-electron chi connectivity index (χ3n) is 6.17. The van der Waals surface area contributed by atoms with Crippen LogP contribution in [-0.2, 0) is 11.2 Å². The first kappa shape index (κ1) is 18.7. The maximum absolute atomic E-state index is 12.7. The molecular formula is C22H22IN3O3. The zero-order chi connectivity index (χ0) is 20.0. The van der Waals surface area contributed by atoms with Gasteiger partial charge in [0.2, 0.25) is 0 Å². The molecule has 2 aromatic rings. The van der Waals surface area contributed by atoms with Crippen LogP contribution < -0.4 is 5.32 Å². The number of anilines is 1. The van der Waals surface area contributed by atoms with Gasteiger partial charge in [-0.05, 0) is 58.7 Å². The van der Waals surface area contributed by atoms with Crippen LogP contribution in [0.3, 0.4) is 0 Å². The molecule has 2 heterocycles. The Hall–Kier alpha value is -2.29. The van der Waals surface area contributed by atoms with E-state index in [9.17, 15) is 9.59 Å². The summed E-state index contributed by atoms with van der Waals surface area (Å²) in [6.07, 6.45) is 2.03. The Kier molecular flexibility index (Phi) is 4.85. The van der Waals surface area contributed by atoms with Crippen LogP contribution in [0.4, 0.5) is 15.3 Å². The van der Waals surface area contributed by atoms with Gasteiger partial charge in [-0.3, -0.25) is 4.90 Å². The van der Waals surface area contributed by atoms with Gasteiger partial charge in [0.25, 0.3) is 0 Å². The standard InChI is InChI=1S/C22H22IN3O3/c23-17-7-3-4-8-18(17)24-21(27)25-11-9-15(10-12-25)26-20-16-6-2-1-5-14(16)13-19(20)29-22(26)28/h1-8,15,19-20H,9-13H2,(H,24,27)/t19-,20+/m1/s1. The van der Waals surface area contributed by atoms with E-state index in [1.54, 1.807) is 0 Å². The van der Waals surface area contributed by atoms with Crippen molar-refractivity contribution >= 4 is 40.4 Å². The maximum atomic E-state index is 12.7. The minimum atomic E-state index is -0.212. The largest absolute Gasteiger partial charge is 0.443 e. The molecule has 2 atom stereocenters. The molecule has 0 bridgehead atoms. The van der Waals surface area contributed by atoms with Crippen LogP contribution in [-0.4, -0.2) is 47.2 Å². The Bertz CT molecular complexity index is 958. The van der Waals surface area contributed by atoms with E-state index in [-0.39, 0.29) is 30.3 Å². The Morgan fingerprint density at radius 3 is 2.59 bits per heavy atom. The van der Waals surface area contributed by atoms with Crippen molar-refractivity contribution in [3.63, 3.8) is 0 Å². The fraction of sp³-hybridized carbons (Fsp3) is 0.364. The Morgan fingerprint density at radius 2 is 1.79 bits per heavy atom. The van der Waals surface area contributed by atoms with Crippen LogP contribution in [0.1, 0.15) is 30.0 Å². The van der Waals surface area contributed by atoms with E-state index in [1.165, 1.54) is 11.1 Å². The number of urea groups is 1. The SMILES string of the molecule is O=C(Nc1ccccc1I)N1CCC(N2C(=O)O[C@@H]3Cc4ccccc4[C@@H]32)CC1. The van der Waals surface area contributed by atoms with E-state index in [1.807, 2.05) is 46.2 Å². The van der Waals surface area contributed by atoms with Crippen LogP contribution in [0.15, 0.2) is 48.5 Å². The van der Waals surface area contributed by atoms with Gasteiger partial charge in [-0.1, -0.05) is 36.4 Å². The summed E-state index contributed by atoms with van der Waals surface area (Å²) in [4.78, 5) is 29.0. The molecule has 0 radical (unpaired) electrons. The number of rotatable bonds is 2. The van der Waals surface area contributed by atoms with Crippen LogP contribution in [0.2, 0.25) is 0 Å². The number of carbonyl (C=O) groups excluding carboxylic acids is 2. The second kappa shape index (κ2) is 7.51. The Morgan fingerprint density at radius 1 is 1.07 bits per heavy atom. The molecule has 2 fully saturated rings. The van der Waals surface area contributed by atoms with Gasteiger partial charge in [-0.25, -0.2) is 9.59 Å². The summed E-state index contributed by atoms with van der Waals surface area (Å²) in [5.41, 5.74) is 3.31. The number of amides is 3. The summed E-state index contributed by atoms with van der Waals surface area (Å²) in [5, 5.41) is 3.00. The number of carbonyl (C=O) groups is 2. The summed E-state index contributed by atoms with van der Waals surface area (Å²) < 4.78 is 6.71. The topological polar surface area (TPSA) is 61.9 Å². The molecule has 0 unspecified atom stereocenters. The minimum Gasteiger partial charge on any atom is -0.443 e. The molecular weight excluding hydrogens is 481 g/mol. The zero-order valence-corrected chi connectivity index (χ0v) is 18.0. The van der Waals surface area contributed by atoms with E-state index < -0.39 is 0 Å². The number of halogens is 1. The molecule has 0 spiro atoms. The molecule has 0 saturated carbocycles. The van der Waals surface area contributed by atoms with E-state index in [4.69, 9.17) is 4.74 Å². The van der Waals surface area contributed by atoms with E-state index in [0.29, 0.717) is 13.1 Å². The smallest absolute Gasteiger partial charge is 0.411 e. The number of likely N-dealkylation sites (tertiary alicyclic amines) is 1. The molecule has 2 saturated heterocycles. The number of benzene rings is 2. The highest BCUT2D eigenvalue weighted by atomic mass is 127. The van der Waals surface area contributed by atoms with Crippen molar-refractivity contribution in [2.75, 3.05) is 18.4 Å². The first-order chi connectivity index (χ1) is 14.1. The summed E-state index contributed by atoms with van der Waals surface area (Å²) in [5.74, 6) is 0. The van der Waals surface area contributed by atoms with Crippen molar-refractivity contribution in [1.29, 1.82) is 0 Å². The molecule has 2 aromatic carbocycles. The number of piperidine rings is 1. The van der Waals surface area contributed by atoms with E-state index in [2.05, 4.69) is 40.0 Å². The van der Waals surface area contributed by atoms with Crippen molar-refractivity contribution < 1.29 is 14.3 Å². The number of para-hydroxylation sites is 1. The van der Waals surface area contributed by atoms with Crippen LogP contribution in [0.5, 0.6) is 0 Å². The fourth-order valence-corrected chi connectivity index (χ4v) is 5.28. The monoisotopic (exact) mass is 503 g/mol. The van der Waals surface area contributed by atoms with Gasteiger partial charge in [-0.15, -0.1) is 0 Å². The van der Waals surface area contributed by atoms with Crippen LogP contribution >= 0.6 is 22.6 Å². The number of fused-ring (bicyclic) bond motifs is 3. The molecule has 3 aliphatic rings. The third kappa shape index (κ3) is 3.35. The summed E-state index contributed by atoms with van der Waals surface area (Å²) in [6, 6.07) is 16.1.